The maximum atomic E-state index is 12.6. The van der Waals surface area contributed by atoms with Crippen LogP contribution in [0.4, 0.5) is 0 Å². The van der Waals surface area contributed by atoms with E-state index in [4.69, 9.17) is 4.74 Å². The van der Waals surface area contributed by atoms with Crippen molar-refractivity contribution >= 4 is 33.2 Å². The normalized spacial score (nSPS) is 18.0. The number of hydrogen-bond donors (Lipinski definition) is 2. The van der Waals surface area contributed by atoms with Gasteiger partial charge in [0.2, 0.25) is 0 Å². The van der Waals surface area contributed by atoms with Crippen molar-refractivity contribution in [1.29, 1.82) is 0 Å². The Morgan fingerprint density at radius 1 is 1.30 bits per heavy atom. The molecular formula is C16H26N4O5S2. The molecule has 0 unspecified atom stereocenters. The summed E-state index contributed by atoms with van der Waals surface area (Å²) in [5.74, 6) is -1.55. The van der Waals surface area contributed by atoms with E-state index in [1.807, 2.05) is 13.8 Å². The molecule has 0 aromatic carbocycles. The Hall–Kier alpha value is -1.53. The molecule has 2 amide bonds. The smallest absolute Gasteiger partial charge is 0.309 e. The third-order valence-electron chi connectivity index (χ3n) is 4.25. The van der Waals surface area contributed by atoms with E-state index in [1.165, 1.54) is 10.4 Å². The molecule has 0 radical (unpaired) electrons. The largest absolute Gasteiger partial charge is 0.359 e. The highest BCUT2D eigenvalue weighted by atomic mass is 32.2. The summed E-state index contributed by atoms with van der Waals surface area (Å²) in [4.78, 5) is 25.9. The highest BCUT2D eigenvalue weighted by Gasteiger charge is 2.37. The third kappa shape index (κ3) is 5.72. The van der Waals surface area contributed by atoms with Gasteiger partial charge in [-0.05, 0) is 24.5 Å². The maximum absolute atomic E-state index is 12.6. The molecule has 1 aromatic heterocycles. The van der Waals surface area contributed by atoms with Crippen LogP contribution in [0.25, 0.3) is 0 Å². The van der Waals surface area contributed by atoms with Crippen LogP contribution in [0.15, 0.2) is 21.7 Å². The number of sulfonamides is 1. The molecule has 0 bridgehead atoms. The van der Waals surface area contributed by atoms with Gasteiger partial charge in [-0.25, -0.2) is 8.42 Å². The van der Waals surface area contributed by atoms with Gasteiger partial charge in [0.1, 0.15) is 10.4 Å². The van der Waals surface area contributed by atoms with Crippen LogP contribution in [0.1, 0.15) is 13.8 Å². The molecule has 0 saturated carbocycles. The van der Waals surface area contributed by atoms with E-state index in [9.17, 15) is 18.0 Å². The van der Waals surface area contributed by atoms with Crippen molar-refractivity contribution in [3.63, 3.8) is 0 Å². The van der Waals surface area contributed by atoms with Gasteiger partial charge in [0.05, 0.1) is 13.2 Å². The predicted octanol–water partition coefficient (Wildman–Crippen LogP) is -0.331. The lowest BCUT2D eigenvalue weighted by Gasteiger charge is -2.22. The lowest BCUT2D eigenvalue weighted by atomic mass is 10.4. The van der Waals surface area contributed by atoms with Crippen LogP contribution in [0.3, 0.4) is 0 Å². The monoisotopic (exact) mass is 418 g/mol. The van der Waals surface area contributed by atoms with Gasteiger partial charge in [-0.2, -0.15) is 4.31 Å². The minimum absolute atomic E-state index is 0.0904. The molecule has 1 aromatic rings. The second kappa shape index (κ2) is 10.1. The summed E-state index contributed by atoms with van der Waals surface area (Å²) < 4.78 is 32.1. The maximum Gasteiger partial charge on any atom is 0.309 e. The second-order valence-corrected chi connectivity index (χ2v) is 8.93. The molecule has 1 saturated heterocycles. The summed E-state index contributed by atoms with van der Waals surface area (Å²) in [6.45, 7) is 7.16. The van der Waals surface area contributed by atoms with Gasteiger partial charge in [0.15, 0.2) is 0 Å². The molecule has 2 N–H and O–H groups in total. The first-order valence-electron chi connectivity index (χ1n) is 8.85. The van der Waals surface area contributed by atoms with E-state index in [2.05, 4.69) is 15.5 Å². The quantitative estimate of drug-likeness (QED) is 0.532. The van der Waals surface area contributed by atoms with E-state index in [0.717, 1.165) is 24.4 Å². The van der Waals surface area contributed by atoms with Crippen LogP contribution in [-0.2, 0) is 24.3 Å². The second-order valence-electron chi connectivity index (χ2n) is 5.87. The molecule has 1 aliphatic heterocycles. The third-order valence-corrected chi connectivity index (χ3v) is 7.51. The minimum atomic E-state index is -3.67. The first-order valence-corrected chi connectivity index (χ1v) is 11.2. The Morgan fingerprint density at radius 2 is 2.00 bits per heavy atom. The highest BCUT2D eigenvalue weighted by molar-refractivity contribution is 7.91. The van der Waals surface area contributed by atoms with Crippen molar-refractivity contribution < 1.29 is 22.7 Å². The zero-order valence-electron chi connectivity index (χ0n) is 15.5. The van der Waals surface area contributed by atoms with Crippen molar-refractivity contribution in [2.75, 3.05) is 45.9 Å². The molecule has 1 atom stereocenters. The Balaban J connectivity index is 1.82. The summed E-state index contributed by atoms with van der Waals surface area (Å²) in [7, 11) is -3.67. The average Bonchev–Trinajstić information content (AvgIpc) is 3.35. The topological polar surface area (TPSA) is 108 Å². The lowest BCUT2D eigenvalue weighted by Crippen LogP contribution is -2.48. The van der Waals surface area contributed by atoms with Gasteiger partial charge < -0.3 is 20.3 Å². The molecule has 9 nitrogen and oxygen atoms in total. The Bertz CT molecular complexity index is 719. The fourth-order valence-corrected chi connectivity index (χ4v) is 5.31. The van der Waals surface area contributed by atoms with Gasteiger partial charge in [0, 0.05) is 19.6 Å². The van der Waals surface area contributed by atoms with Crippen molar-refractivity contribution in [2.24, 2.45) is 0 Å². The summed E-state index contributed by atoms with van der Waals surface area (Å²) in [5.41, 5.74) is 0. The molecule has 2 rings (SSSR count). The fraction of sp³-hybridized carbons (Fsp3) is 0.625. The first kappa shape index (κ1) is 21.8. The molecule has 0 spiro atoms. The van der Waals surface area contributed by atoms with Crippen LogP contribution in [0, 0.1) is 0 Å². The fourth-order valence-electron chi connectivity index (χ4n) is 2.68. The van der Waals surface area contributed by atoms with E-state index < -0.39 is 28.1 Å². The SMILES string of the molecule is CCN(CC)CCNC(=O)C(=O)NC[C@H]1OCCN1S(=O)(=O)c1cccs1. The van der Waals surface area contributed by atoms with Crippen LogP contribution in [0.2, 0.25) is 0 Å². The summed E-state index contributed by atoms with van der Waals surface area (Å²) in [6.07, 6.45) is -0.829. The zero-order chi connectivity index (χ0) is 19.9. The zero-order valence-corrected chi connectivity index (χ0v) is 17.1. The van der Waals surface area contributed by atoms with Crippen molar-refractivity contribution in [1.82, 2.24) is 19.8 Å². The summed E-state index contributed by atoms with van der Waals surface area (Å²) in [6, 6.07) is 3.19. The number of nitrogens with zero attached hydrogens (tertiary/aromatic N) is 2. The molecule has 1 aliphatic rings. The number of thiophene rings is 1. The number of likely N-dealkylation sites (N-methyl/N-ethyl adjacent to an activating group) is 1. The van der Waals surface area contributed by atoms with Gasteiger partial charge >= 0.3 is 11.8 Å². The molecule has 11 heteroatoms. The van der Waals surface area contributed by atoms with Crippen LogP contribution < -0.4 is 10.6 Å². The van der Waals surface area contributed by atoms with E-state index >= 15 is 0 Å². The molecule has 1 fully saturated rings. The highest BCUT2D eigenvalue weighted by Crippen LogP contribution is 2.25. The molecule has 27 heavy (non-hydrogen) atoms. The number of nitrogens with one attached hydrogen (secondary N) is 2. The first-order chi connectivity index (χ1) is 12.9. The Morgan fingerprint density at radius 3 is 2.63 bits per heavy atom. The number of carbonyl (C=O) groups is 2. The molecular weight excluding hydrogens is 392 g/mol. The van der Waals surface area contributed by atoms with E-state index in [1.54, 1.807) is 11.4 Å². The molecule has 2 heterocycles. The number of amides is 2. The van der Waals surface area contributed by atoms with Crippen LogP contribution in [0.5, 0.6) is 0 Å². The lowest BCUT2D eigenvalue weighted by molar-refractivity contribution is -0.139. The Labute approximate surface area is 163 Å². The number of ether oxygens (including phenoxy) is 1. The van der Waals surface area contributed by atoms with Crippen molar-refractivity contribution in [3.05, 3.63) is 17.5 Å². The molecule has 152 valence electrons. The average molecular weight is 419 g/mol. The number of carbonyl (C=O) groups excluding carboxylic acids is 2. The molecule has 0 aliphatic carbocycles. The van der Waals surface area contributed by atoms with Gasteiger partial charge in [-0.15, -0.1) is 11.3 Å². The predicted molar refractivity (Wildman–Crippen MR) is 102 cm³/mol. The van der Waals surface area contributed by atoms with Crippen molar-refractivity contribution in [2.45, 2.75) is 24.3 Å². The number of rotatable bonds is 9. The van der Waals surface area contributed by atoms with Gasteiger partial charge in [-0.3, -0.25) is 9.59 Å². The van der Waals surface area contributed by atoms with E-state index in [0.29, 0.717) is 13.1 Å². The van der Waals surface area contributed by atoms with Gasteiger partial charge in [0.25, 0.3) is 10.0 Å². The van der Waals surface area contributed by atoms with Crippen LogP contribution in [-0.4, -0.2) is 81.5 Å². The van der Waals surface area contributed by atoms with Gasteiger partial charge in [-0.1, -0.05) is 19.9 Å². The summed E-state index contributed by atoms with van der Waals surface area (Å²) >= 11 is 1.12. The van der Waals surface area contributed by atoms with Crippen LogP contribution >= 0.6 is 11.3 Å². The Kier molecular flexibility index (Phi) is 8.17. The standard InChI is InChI=1S/C16H26N4O5S2/c1-3-19(4-2)8-7-17-15(21)16(22)18-12-13-20(9-10-25-13)27(23,24)14-6-5-11-26-14/h5-6,11,13H,3-4,7-10,12H2,1-2H3,(H,17,21)(H,18,22)/t13-/m1/s1. The summed E-state index contributed by atoms with van der Waals surface area (Å²) in [5, 5.41) is 6.69. The van der Waals surface area contributed by atoms with E-state index in [-0.39, 0.29) is 23.9 Å². The van der Waals surface area contributed by atoms with Crippen molar-refractivity contribution in [3.8, 4) is 0 Å². The number of hydrogen-bond acceptors (Lipinski definition) is 7. The minimum Gasteiger partial charge on any atom is -0.359 e.